The fourth-order valence-corrected chi connectivity index (χ4v) is 6.53. The molecule has 3 aromatic rings. The van der Waals surface area contributed by atoms with Crippen molar-refractivity contribution in [3.63, 3.8) is 0 Å². The molecule has 198 valence electrons. The smallest absolute Gasteiger partial charge is 0.219 e. The number of rotatable bonds is 5. The first-order valence-corrected chi connectivity index (χ1v) is 13.5. The van der Waals surface area contributed by atoms with E-state index in [-0.39, 0.29) is 5.92 Å². The summed E-state index contributed by atoms with van der Waals surface area (Å²) in [5, 5.41) is 5.85. The highest BCUT2D eigenvalue weighted by Gasteiger charge is 2.60. The summed E-state index contributed by atoms with van der Waals surface area (Å²) in [7, 11) is 3.38. The predicted octanol–water partition coefficient (Wildman–Crippen LogP) is 5.97. The molecule has 4 heterocycles. The van der Waals surface area contributed by atoms with E-state index < -0.39 is 5.72 Å². The first-order valence-electron chi connectivity index (χ1n) is 13.5. The number of ether oxygens (including phenoxy) is 2. The van der Waals surface area contributed by atoms with Crippen LogP contribution in [0.2, 0.25) is 0 Å². The Bertz CT molecular complexity index is 1270. The molecule has 2 aromatic carbocycles. The summed E-state index contributed by atoms with van der Waals surface area (Å²) in [4.78, 5) is 11.6. The van der Waals surface area contributed by atoms with Crippen molar-refractivity contribution in [1.82, 2.24) is 9.80 Å². The molecule has 0 aliphatic carbocycles. The van der Waals surface area contributed by atoms with Crippen molar-refractivity contribution in [2.75, 3.05) is 33.9 Å². The highest BCUT2D eigenvalue weighted by atomic mass is 16.7. The van der Waals surface area contributed by atoms with Gasteiger partial charge in [0.2, 0.25) is 5.72 Å². The standard InChI is InChI=1S/C28H33N3O4.C2H6/c1-18-11-23-17-30(14-18)15-19(2)28(23)31(16-22-5-7-24(32-3)13-26(22)33-4)27(29-35-28)21-6-8-25-20(12-21)9-10-34-25;1-2/h5-10,12-13,18-19,23H,11,14-17H2,1-4H3;1-2H3. The Morgan fingerprint density at radius 3 is 2.62 bits per heavy atom. The number of fused-ring (bicyclic) bond motifs is 4. The van der Waals surface area contributed by atoms with Gasteiger partial charge in [0.25, 0.3) is 0 Å². The van der Waals surface area contributed by atoms with Gasteiger partial charge in [-0.3, -0.25) is 0 Å². The van der Waals surface area contributed by atoms with E-state index in [0.29, 0.717) is 18.4 Å². The van der Waals surface area contributed by atoms with E-state index in [1.807, 2.05) is 38.1 Å². The van der Waals surface area contributed by atoms with Gasteiger partial charge in [-0.05, 0) is 48.7 Å². The van der Waals surface area contributed by atoms with Gasteiger partial charge in [-0.15, -0.1) is 0 Å². The van der Waals surface area contributed by atoms with Gasteiger partial charge in [0, 0.05) is 54.0 Å². The van der Waals surface area contributed by atoms with Crippen LogP contribution in [0.1, 0.15) is 45.2 Å². The highest BCUT2D eigenvalue weighted by Crippen LogP contribution is 2.49. The zero-order chi connectivity index (χ0) is 26.2. The van der Waals surface area contributed by atoms with E-state index in [1.54, 1.807) is 20.5 Å². The topological polar surface area (TPSA) is 59.7 Å². The summed E-state index contributed by atoms with van der Waals surface area (Å²) in [6, 6.07) is 14.2. The third kappa shape index (κ3) is 4.33. The molecule has 5 atom stereocenters. The SMILES string of the molecule is CC.COc1ccc(CN2C(c3ccc4occc4c3)=NOC23C(C)CN2CC(C)CC3C2)c(OC)c1. The van der Waals surface area contributed by atoms with Crippen molar-refractivity contribution in [2.45, 2.75) is 46.4 Å². The molecule has 2 saturated heterocycles. The Morgan fingerprint density at radius 2 is 1.84 bits per heavy atom. The van der Waals surface area contributed by atoms with Crippen LogP contribution in [0, 0.1) is 17.8 Å². The zero-order valence-electron chi connectivity index (χ0n) is 22.9. The van der Waals surface area contributed by atoms with Gasteiger partial charge in [-0.2, -0.15) is 0 Å². The number of nitrogens with zero attached hydrogens (tertiary/aromatic N) is 3. The van der Waals surface area contributed by atoms with Crippen molar-refractivity contribution < 1.29 is 18.7 Å². The van der Waals surface area contributed by atoms with E-state index >= 15 is 0 Å². The van der Waals surface area contributed by atoms with Gasteiger partial charge in [0.15, 0.2) is 5.84 Å². The highest BCUT2D eigenvalue weighted by molar-refractivity contribution is 6.02. The second kappa shape index (κ2) is 10.3. The van der Waals surface area contributed by atoms with Crippen LogP contribution in [0.25, 0.3) is 11.0 Å². The normalized spacial score (nSPS) is 28.4. The number of furan rings is 1. The quantitative estimate of drug-likeness (QED) is 0.426. The number of oxime groups is 1. The minimum atomic E-state index is -0.503. The molecule has 7 heteroatoms. The minimum absolute atomic E-state index is 0.289. The van der Waals surface area contributed by atoms with Crippen molar-refractivity contribution in [3.8, 4) is 11.5 Å². The third-order valence-electron chi connectivity index (χ3n) is 8.05. The molecule has 0 N–H and O–H groups in total. The van der Waals surface area contributed by atoms with Gasteiger partial charge >= 0.3 is 0 Å². The summed E-state index contributed by atoms with van der Waals surface area (Å²) in [6.07, 6.45) is 2.85. The van der Waals surface area contributed by atoms with Crippen molar-refractivity contribution in [1.29, 1.82) is 0 Å². The number of hydrogen-bond donors (Lipinski definition) is 0. The molecule has 37 heavy (non-hydrogen) atoms. The lowest BCUT2D eigenvalue weighted by Crippen LogP contribution is -2.67. The predicted molar refractivity (Wildman–Crippen MR) is 146 cm³/mol. The number of benzene rings is 2. The van der Waals surface area contributed by atoms with E-state index in [9.17, 15) is 0 Å². The number of amidine groups is 1. The minimum Gasteiger partial charge on any atom is -0.497 e. The molecular formula is C30H39N3O4. The molecule has 1 aromatic heterocycles. The molecule has 0 amide bonds. The Morgan fingerprint density at radius 1 is 1.00 bits per heavy atom. The van der Waals surface area contributed by atoms with Gasteiger partial charge in [-0.25, -0.2) is 0 Å². The van der Waals surface area contributed by atoms with Gasteiger partial charge in [0.05, 0.1) is 27.0 Å². The zero-order valence-corrected chi connectivity index (χ0v) is 22.9. The number of methoxy groups -OCH3 is 2. The molecule has 0 saturated carbocycles. The molecular weight excluding hydrogens is 466 g/mol. The van der Waals surface area contributed by atoms with E-state index in [4.69, 9.17) is 23.9 Å². The van der Waals surface area contributed by atoms with Gasteiger partial charge in [0.1, 0.15) is 17.1 Å². The molecule has 3 aliphatic rings. The lowest BCUT2D eigenvalue weighted by molar-refractivity contribution is -0.218. The maximum Gasteiger partial charge on any atom is 0.219 e. The Labute approximate surface area is 220 Å². The average molecular weight is 506 g/mol. The average Bonchev–Trinajstić information content (AvgIpc) is 3.54. The molecule has 2 fully saturated rings. The van der Waals surface area contributed by atoms with Crippen LogP contribution in [0.5, 0.6) is 11.5 Å². The summed E-state index contributed by atoms with van der Waals surface area (Å²) < 4.78 is 16.8. The number of piperidine rings is 2. The summed E-state index contributed by atoms with van der Waals surface area (Å²) in [5.41, 5.74) is 2.47. The van der Waals surface area contributed by atoms with Crippen LogP contribution in [-0.2, 0) is 11.4 Å². The van der Waals surface area contributed by atoms with Gasteiger partial charge < -0.3 is 28.5 Å². The van der Waals surface area contributed by atoms with Crippen LogP contribution in [-0.4, -0.2) is 55.2 Å². The second-order valence-electron chi connectivity index (χ2n) is 10.4. The lowest BCUT2D eigenvalue weighted by atomic mass is 9.72. The monoisotopic (exact) mass is 505 g/mol. The van der Waals surface area contributed by atoms with Crippen LogP contribution < -0.4 is 9.47 Å². The summed E-state index contributed by atoms with van der Waals surface area (Å²) >= 11 is 0. The Hall–Kier alpha value is -3.19. The van der Waals surface area contributed by atoms with Crippen LogP contribution >= 0.6 is 0 Å². The maximum absolute atomic E-state index is 6.59. The summed E-state index contributed by atoms with van der Waals surface area (Å²) in [6.45, 7) is 12.5. The number of hydrogen-bond acceptors (Lipinski definition) is 7. The fraction of sp³-hybridized carbons (Fsp3) is 0.500. The van der Waals surface area contributed by atoms with E-state index in [0.717, 1.165) is 65.5 Å². The van der Waals surface area contributed by atoms with E-state index in [2.05, 4.69) is 41.8 Å². The lowest BCUT2D eigenvalue weighted by Gasteiger charge is -2.55. The summed E-state index contributed by atoms with van der Waals surface area (Å²) in [5.74, 6) is 3.73. The van der Waals surface area contributed by atoms with Crippen LogP contribution in [0.4, 0.5) is 0 Å². The first-order chi connectivity index (χ1) is 18.0. The third-order valence-corrected chi connectivity index (χ3v) is 8.05. The first kappa shape index (κ1) is 25.5. The Kier molecular flexibility index (Phi) is 7.08. The molecule has 6 rings (SSSR count). The van der Waals surface area contributed by atoms with Crippen LogP contribution in [0.3, 0.4) is 0 Å². The fourth-order valence-electron chi connectivity index (χ4n) is 6.53. The Balaban J connectivity index is 0.00000137. The second-order valence-corrected chi connectivity index (χ2v) is 10.4. The molecule has 0 radical (unpaired) electrons. The van der Waals surface area contributed by atoms with Crippen molar-refractivity contribution >= 4 is 16.8 Å². The maximum atomic E-state index is 6.59. The molecule has 7 nitrogen and oxygen atoms in total. The molecule has 2 bridgehead atoms. The molecule has 3 aliphatic heterocycles. The molecule has 1 spiro atoms. The largest absolute Gasteiger partial charge is 0.497 e. The van der Waals surface area contributed by atoms with Crippen molar-refractivity contribution in [2.24, 2.45) is 22.9 Å². The van der Waals surface area contributed by atoms with E-state index in [1.165, 1.54) is 0 Å². The van der Waals surface area contributed by atoms with Gasteiger partial charge in [-0.1, -0.05) is 32.9 Å². The molecule has 5 unspecified atom stereocenters. The van der Waals surface area contributed by atoms with Crippen molar-refractivity contribution in [3.05, 3.63) is 59.9 Å². The van der Waals surface area contributed by atoms with Crippen LogP contribution in [0.15, 0.2) is 58.3 Å².